The van der Waals surface area contributed by atoms with Crippen LogP contribution in [0.4, 0.5) is 5.69 Å². The average molecular weight is 291 g/mol. The maximum Gasteiger partial charge on any atom is 0.261 e. The number of hydrogen-bond acceptors (Lipinski definition) is 4. The zero-order valence-corrected chi connectivity index (χ0v) is 11.5. The van der Waals surface area contributed by atoms with Crippen LogP contribution in [0.15, 0.2) is 53.4 Å². The molecule has 0 aliphatic rings. The maximum atomic E-state index is 12.1. The summed E-state index contributed by atoms with van der Waals surface area (Å²) in [7, 11) is -3.71. The molecule has 2 aromatic carbocycles. The van der Waals surface area contributed by atoms with Gasteiger partial charge in [0.25, 0.3) is 10.0 Å². The summed E-state index contributed by atoms with van der Waals surface area (Å²) in [5, 5.41) is 9.52. The van der Waals surface area contributed by atoms with Gasteiger partial charge >= 0.3 is 0 Å². The summed E-state index contributed by atoms with van der Waals surface area (Å²) in [6, 6.07) is 11.9. The number of ketones is 1. The number of nitrogens with one attached hydrogen (secondary N) is 1. The van der Waals surface area contributed by atoms with Crippen LogP contribution in [0.3, 0.4) is 0 Å². The molecule has 2 aromatic rings. The van der Waals surface area contributed by atoms with Crippen LogP contribution >= 0.6 is 0 Å². The Morgan fingerprint density at radius 1 is 1.10 bits per heavy atom. The SMILES string of the molecule is CC(=O)c1cc(NS(=O)(=O)c2ccccc2)ccc1O. The number of anilines is 1. The van der Waals surface area contributed by atoms with Crippen LogP contribution in [0.25, 0.3) is 0 Å². The van der Waals surface area contributed by atoms with E-state index in [1.165, 1.54) is 37.3 Å². The lowest BCUT2D eigenvalue weighted by atomic mass is 10.1. The third-order valence-corrected chi connectivity index (χ3v) is 4.08. The number of benzene rings is 2. The first-order valence-electron chi connectivity index (χ1n) is 5.82. The van der Waals surface area contributed by atoms with Gasteiger partial charge in [-0.1, -0.05) is 18.2 Å². The number of Topliss-reactive ketones (excluding diaryl/α,β-unsaturated/α-hetero) is 1. The van der Waals surface area contributed by atoms with Gasteiger partial charge in [-0.05, 0) is 37.3 Å². The van der Waals surface area contributed by atoms with Gasteiger partial charge < -0.3 is 5.11 Å². The molecule has 0 aliphatic heterocycles. The smallest absolute Gasteiger partial charge is 0.261 e. The lowest BCUT2D eigenvalue weighted by Gasteiger charge is -2.09. The summed E-state index contributed by atoms with van der Waals surface area (Å²) in [4.78, 5) is 11.4. The van der Waals surface area contributed by atoms with E-state index in [-0.39, 0.29) is 27.7 Å². The molecule has 0 aromatic heterocycles. The van der Waals surface area contributed by atoms with Gasteiger partial charge in [-0.2, -0.15) is 0 Å². The van der Waals surface area contributed by atoms with Gasteiger partial charge in [-0.15, -0.1) is 0 Å². The van der Waals surface area contributed by atoms with Gasteiger partial charge in [0.2, 0.25) is 0 Å². The van der Waals surface area contributed by atoms with Gasteiger partial charge in [0.1, 0.15) is 5.75 Å². The summed E-state index contributed by atoms with van der Waals surface area (Å²) < 4.78 is 26.6. The molecule has 0 saturated carbocycles. The zero-order chi connectivity index (χ0) is 14.8. The van der Waals surface area contributed by atoms with Crippen molar-refractivity contribution in [2.75, 3.05) is 4.72 Å². The Morgan fingerprint density at radius 3 is 2.35 bits per heavy atom. The zero-order valence-electron chi connectivity index (χ0n) is 10.7. The maximum absolute atomic E-state index is 12.1. The highest BCUT2D eigenvalue weighted by atomic mass is 32.2. The first-order chi connectivity index (χ1) is 9.40. The third-order valence-electron chi connectivity index (χ3n) is 2.68. The summed E-state index contributed by atoms with van der Waals surface area (Å²) in [6.45, 7) is 1.30. The van der Waals surface area contributed by atoms with E-state index in [4.69, 9.17) is 0 Å². The van der Waals surface area contributed by atoms with E-state index in [1.807, 2.05) is 0 Å². The van der Waals surface area contributed by atoms with Gasteiger partial charge in [-0.25, -0.2) is 8.42 Å². The minimum atomic E-state index is -3.71. The van der Waals surface area contributed by atoms with Gasteiger partial charge in [0.15, 0.2) is 5.78 Å². The molecule has 0 saturated heterocycles. The second kappa shape index (κ2) is 5.34. The minimum Gasteiger partial charge on any atom is -0.507 e. The molecule has 20 heavy (non-hydrogen) atoms. The molecule has 2 rings (SSSR count). The molecule has 0 amide bonds. The predicted octanol–water partition coefficient (Wildman–Crippen LogP) is 2.40. The second-order valence-corrected chi connectivity index (χ2v) is 5.89. The fourth-order valence-electron chi connectivity index (χ4n) is 1.70. The third kappa shape index (κ3) is 2.97. The van der Waals surface area contributed by atoms with Crippen molar-refractivity contribution < 1.29 is 18.3 Å². The van der Waals surface area contributed by atoms with E-state index in [9.17, 15) is 18.3 Å². The summed E-state index contributed by atoms with van der Waals surface area (Å²) in [5.74, 6) is -0.525. The Morgan fingerprint density at radius 2 is 1.75 bits per heavy atom. The molecule has 0 heterocycles. The quantitative estimate of drug-likeness (QED) is 0.669. The molecule has 2 N–H and O–H groups in total. The number of sulfonamides is 1. The van der Waals surface area contributed by atoms with Crippen LogP contribution in [-0.4, -0.2) is 19.3 Å². The number of aromatic hydroxyl groups is 1. The molecule has 0 fully saturated rings. The summed E-state index contributed by atoms with van der Waals surface area (Å²) >= 11 is 0. The first-order valence-corrected chi connectivity index (χ1v) is 7.30. The number of hydrogen-bond donors (Lipinski definition) is 2. The van der Waals surface area contributed by atoms with Gasteiger partial charge in [-0.3, -0.25) is 9.52 Å². The van der Waals surface area contributed by atoms with E-state index in [2.05, 4.69) is 4.72 Å². The lowest BCUT2D eigenvalue weighted by Crippen LogP contribution is -2.13. The standard InChI is InChI=1S/C14H13NO4S/c1-10(16)13-9-11(7-8-14(13)17)15-20(18,19)12-5-3-2-4-6-12/h2-9,15,17H,1H3. The first kappa shape index (κ1) is 14.1. The lowest BCUT2D eigenvalue weighted by molar-refractivity contribution is 0.101. The highest BCUT2D eigenvalue weighted by Gasteiger charge is 2.15. The molecule has 0 spiro atoms. The normalized spacial score (nSPS) is 11.1. The van der Waals surface area contributed by atoms with Crippen molar-refractivity contribution in [1.82, 2.24) is 0 Å². The van der Waals surface area contributed by atoms with Crippen molar-refractivity contribution in [3.05, 3.63) is 54.1 Å². The molecular weight excluding hydrogens is 278 g/mol. The van der Waals surface area contributed by atoms with Crippen LogP contribution < -0.4 is 4.72 Å². The Kier molecular flexibility index (Phi) is 3.76. The number of rotatable bonds is 4. The van der Waals surface area contributed by atoms with E-state index < -0.39 is 10.0 Å². The summed E-state index contributed by atoms with van der Waals surface area (Å²) in [6.07, 6.45) is 0. The Labute approximate surface area is 116 Å². The van der Waals surface area contributed by atoms with Crippen molar-refractivity contribution in [2.24, 2.45) is 0 Å². The van der Waals surface area contributed by atoms with E-state index in [0.717, 1.165) is 0 Å². The van der Waals surface area contributed by atoms with Crippen molar-refractivity contribution in [2.45, 2.75) is 11.8 Å². The molecule has 0 bridgehead atoms. The summed E-state index contributed by atoms with van der Waals surface area (Å²) in [5.41, 5.74) is 0.287. The van der Waals surface area contributed by atoms with E-state index in [1.54, 1.807) is 18.2 Å². The number of carbonyl (C=O) groups excluding carboxylic acids is 1. The molecule has 0 unspecified atom stereocenters. The predicted molar refractivity (Wildman–Crippen MR) is 75.4 cm³/mol. The minimum absolute atomic E-state index is 0.0678. The molecular formula is C14H13NO4S. The topological polar surface area (TPSA) is 83.5 Å². The highest BCUT2D eigenvalue weighted by molar-refractivity contribution is 7.92. The molecule has 0 atom stereocenters. The van der Waals surface area contributed by atoms with Crippen molar-refractivity contribution in [1.29, 1.82) is 0 Å². The van der Waals surface area contributed by atoms with Crippen molar-refractivity contribution >= 4 is 21.5 Å². The Bertz CT molecular complexity index is 739. The van der Waals surface area contributed by atoms with Crippen LogP contribution in [-0.2, 0) is 10.0 Å². The van der Waals surface area contributed by atoms with E-state index in [0.29, 0.717) is 0 Å². The average Bonchev–Trinajstić information content (AvgIpc) is 2.41. The molecule has 0 radical (unpaired) electrons. The number of phenolic OH excluding ortho intramolecular Hbond substituents is 1. The Balaban J connectivity index is 2.36. The molecule has 5 nitrogen and oxygen atoms in total. The molecule has 0 aliphatic carbocycles. The van der Waals surface area contributed by atoms with Gasteiger partial charge in [0.05, 0.1) is 10.5 Å². The highest BCUT2D eigenvalue weighted by Crippen LogP contribution is 2.23. The van der Waals surface area contributed by atoms with Crippen LogP contribution in [0.2, 0.25) is 0 Å². The largest absolute Gasteiger partial charge is 0.507 e. The number of carbonyl (C=O) groups is 1. The van der Waals surface area contributed by atoms with Gasteiger partial charge in [0, 0.05) is 5.69 Å². The Hall–Kier alpha value is -2.34. The number of phenols is 1. The van der Waals surface area contributed by atoms with Crippen molar-refractivity contribution in [3.63, 3.8) is 0 Å². The van der Waals surface area contributed by atoms with Crippen LogP contribution in [0, 0.1) is 0 Å². The molecule has 104 valence electrons. The monoisotopic (exact) mass is 291 g/mol. The fraction of sp³-hybridized carbons (Fsp3) is 0.0714. The van der Waals surface area contributed by atoms with Crippen LogP contribution in [0.5, 0.6) is 5.75 Å². The molecule has 6 heteroatoms. The second-order valence-electron chi connectivity index (χ2n) is 4.21. The fourth-order valence-corrected chi connectivity index (χ4v) is 2.77. The van der Waals surface area contributed by atoms with Crippen molar-refractivity contribution in [3.8, 4) is 5.75 Å². The van der Waals surface area contributed by atoms with Crippen LogP contribution in [0.1, 0.15) is 17.3 Å². The van der Waals surface area contributed by atoms with E-state index >= 15 is 0 Å².